The number of halogens is 3. The third-order valence-corrected chi connectivity index (χ3v) is 3.53. The summed E-state index contributed by atoms with van der Waals surface area (Å²) in [5.41, 5.74) is 2.19. The van der Waals surface area contributed by atoms with E-state index in [0.717, 1.165) is 11.3 Å². The summed E-state index contributed by atoms with van der Waals surface area (Å²) >= 11 is 3.11. The molecule has 0 atom stereocenters. The molecule has 0 unspecified atom stereocenters. The quantitative estimate of drug-likeness (QED) is 0.894. The predicted molar refractivity (Wildman–Crippen MR) is 77.3 cm³/mol. The van der Waals surface area contributed by atoms with Crippen LogP contribution in [0.5, 0.6) is 0 Å². The highest BCUT2D eigenvalue weighted by Crippen LogP contribution is 2.25. The van der Waals surface area contributed by atoms with Gasteiger partial charge in [0.05, 0.1) is 16.1 Å². The summed E-state index contributed by atoms with van der Waals surface area (Å²) in [6.07, 6.45) is 0. The van der Waals surface area contributed by atoms with Crippen molar-refractivity contribution in [2.45, 2.75) is 13.5 Å². The fourth-order valence-corrected chi connectivity index (χ4v) is 2.13. The molecule has 1 N–H and O–H groups in total. The van der Waals surface area contributed by atoms with Gasteiger partial charge in [-0.2, -0.15) is 5.26 Å². The lowest BCUT2D eigenvalue weighted by Crippen LogP contribution is -2.04. The molecular formula is C15H11BrF2N2. The van der Waals surface area contributed by atoms with Crippen molar-refractivity contribution in [3.05, 3.63) is 63.1 Å². The van der Waals surface area contributed by atoms with E-state index in [1.54, 1.807) is 25.1 Å². The first-order valence-corrected chi connectivity index (χ1v) is 6.68. The van der Waals surface area contributed by atoms with Gasteiger partial charge >= 0.3 is 0 Å². The van der Waals surface area contributed by atoms with Crippen LogP contribution >= 0.6 is 15.9 Å². The number of nitriles is 1. The van der Waals surface area contributed by atoms with Gasteiger partial charge in [0, 0.05) is 17.8 Å². The number of hydrogen-bond donors (Lipinski definition) is 1. The Labute approximate surface area is 124 Å². The van der Waals surface area contributed by atoms with Crippen molar-refractivity contribution in [2.24, 2.45) is 0 Å². The van der Waals surface area contributed by atoms with Crippen LogP contribution in [-0.2, 0) is 6.54 Å². The molecule has 0 aliphatic heterocycles. The van der Waals surface area contributed by atoms with Gasteiger partial charge in [-0.15, -0.1) is 0 Å². The average molecular weight is 337 g/mol. The van der Waals surface area contributed by atoms with Gasteiger partial charge in [-0.1, -0.05) is 6.07 Å². The van der Waals surface area contributed by atoms with Crippen molar-refractivity contribution in [1.82, 2.24) is 0 Å². The van der Waals surface area contributed by atoms with Crippen molar-refractivity contribution in [3.8, 4) is 6.07 Å². The molecule has 0 aromatic heterocycles. The fraction of sp³-hybridized carbons (Fsp3) is 0.133. The molecule has 0 saturated heterocycles. The zero-order valence-corrected chi connectivity index (χ0v) is 12.3. The van der Waals surface area contributed by atoms with E-state index in [-0.39, 0.29) is 17.9 Å². The maximum Gasteiger partial charge on any atom is 0.137 e. The lowest BCUT2D eigenvalue weighted by molar-refractivity contribution is 0.612. The second-order valence-corrected chi connectivity index (χ2v) is 5.21. The first-order chi connectivity index (χ1) is 9.51. The summed E-state index contributed by atoms with van der Waals surface area (Å²) < 4.78 is 27.4. The summed E-state index contributed by atoms with van der Waals surface area (Å²) in [6, 6.07) is 9.23. The molecule has 0 fully saturated rings. The highest BCUT2D eigenvalue weighted by molar-refractivity contribution is 9.10. The summed E-state index contributed by atoms with van der Waals surface area (Å²) in [5, 5.41) is 11.7. The number of nitrogens with one attached hydrogen (secondary N) is 1. The van der Waals surface area contributed by atoms with Gasteiger partial charge in [-0.3, -0.25) is 0 Å². The normalized spacial score (nSPS) is 10.2. The molecule has 0 heterocycles. The molecule has 102 valence electrons. The number of anilines is 1. The van der Waals surface area contributed by atoms with E-state index in [4.69, 9.17) is 5.26 Å². The zero-order chi connectivity index (χ0) is 14.7. The van der Waals surface area contributed by atoms with Crippen LogP contribution in [0.2, 0.25) is 0 Å². The fourth-order valence-electron chi connectivity index (χ4n) is 1.79. The van der Waals surface area contributed by atoms with Crippen molar-refractivity contribution in [3.63, 3.8) is 0 Å². The Morgan fingerprint density at radius 1 is 1.20 bits per heavy atom. The van der Waals surface area contributed by atoms with Crippen molar-refractivity contribution in [2.75, 3.05) is 5.32 Å². The number of rotatable bonds is 3. The Morgan fingerprint density at radius 2 is 1.95 bits per heavy atom. The molecule has 0 saturated carbocycles. The van der Waals surface area contributed by atoms with E-state index in [9.17, 15) is 8.78 Å². The van der Waals surface area contributed by atoms with Gasteiger partial charge in [-0.05, 0) is 52.7 Å². The zero-order valence-electron chi connectivity index (χ0n) is 10.7. The lowest BCUT2D eigenvalue weighted by atomic mass is 10.1. The van der Waals surface area contributed by atoms with Crippen LogP contribution in [0.4, 0.5) is 14.5 Å². The third-order valence-electron chi connectivity index (χ3n) is 2.92. The predicted octanol–water partition coefficient (Wildman–Crippen LogP) is 4.52. The Balaban J connectivity index is 2.17. The van der Waals surface area contributed by atoms with Crippen molar-refractivity contribution in [1.29, 1.82) is 5.26 Å². The Bertz CT molecular complexity index is 693. The van der Waals surface area contributed by atoms with Gasteiger partial charge in [-0.25, -0.2) is 8.78 Å². The third kappa shape index (κ3) is 3.14. The average Bonchev–Trinajstić information content (AvgIpc) is 2.42. The monoisotopic (exact) mass is 336 g/mol. The van der Waals surface area contributed by atoms with Crippen LogP contribution in [0, 0.1) is 29.9 Å². The smallest absolute Gasteiger partial charge is 0.137 e. The molecule has 2 aromatic carbocycles. The van der Waals surface area contributed by atoms with Gasteiger partial charge in [0.2, 0.25) is 0 Å². The van der Waals surface area contributed by atoms with Crippen LogP contribution in [0.25, 0.3) is 0 Å². The summed E-state index contributed by atoms with van der Waals surface area (Å²) in [4.78, 5) is 0. The van der Waals surface area contributed by atoms with Crippen LogP contribution in [0.1, 0.15) is 16.7 Å². The lowest BCUT2D eigenvalue weighted by Gasteiger charge is -2.11. The van der Waals surface area contributed by atoms with Crippen LogP contribution in [0.15, 0.2) is 34.8 Å². The van der Waals surface area contributed by atoms with E-state index in [2.05, 4.69) is 21.2 Å². The molecule has 2 rings (SSSR count). The second-order valence-electron chi connectivity index (χ2n) is 4.35. The Kier molecular flexibility index (Phi) is 4.35. The Morgan fingerprint density at radius 3 is 2.60 bits per heavy atom. The van der Waals surface area contributed by atoms with E-state index >= 15 is 0 Å². The molecule has 0 spiro atoms. The van der Waals surface area contributed by atoms with E-state index in [1.165, 1.54) is 12.1 Å². The first kappa shape index (κ1) is 14.5. The maximum atomic E-state index is 13.7. The number of benzene rings is 2. The minimum Gasteiger partial charge on any atom is -0.381 e. The maximum absolute atomic E-state index is 13.7. The van der Waals surface area contributed by atoms with E-state index in [0.29, 0.717) is 10.0 Å². The van der Waals surface area contributed by atoms with Crippen LogP contribution in [-0.4, -0.2) is 0 Å². The van der Waals surface area contributed by atoms with Gasteiger partial charge in [0.15, 0.2) is 0 Å². The van der Waals surface area contributed by atoms with Gasteiger partial charge in [0.1, 0.15) is 11.6 Å². The highest BCUT2D eigenvalue weighted by atomic mass is 79.9. The topological polar surface area (TPSA) is 35.8 Å². The number of hydrogen-bond acceptors (Lipinski definition) is 2. The molecule has 2 nitrogen and oxygen atoms in total. The van der Waals surface area contributed by atoms with Crippen LogP contribution in [0.3, 0.4) is 0 Å². The minimum atomic E-state index is -0.435. The molecule has 0 aliphatic rings. The molecule has 0 aliphatic carbocycles. The van der Waals surface area contributed by atoms with Crippen LogP contribution < -0.4 is 5.32 Å². The van der Waals surface area contributed by atoms with Crippen molar-refractivity contribution < 1.29 is 8.78 Å². The van der Waals surface area contributed by atoms with Crippen molar-refractivity contribution >= 4 is 21.6 Å². The number of aryl methyl sites for hydroxylation is 1. The second kappa shape index (κ2) is 6.02. The molecular weight excluding hydrogens is 326 g/mol. The summed E-state index contributed by atoms with van der Waals surface area (Å²) in [6.45, 7) is 2.03. The first-order valence-electron chi connectivity index (χ1n) is 5.89. The largest absolute Gasteiger partial charge is 0.381 e. The highest BCUT2D eigenvalue weighted by Gasteiger charge is 2.07. The molecule has 5 heteroatoms. The minimum absolute atomic E-state index is 0.260. The molecule has 0 bridgehead atoms. The van der Waals surface area contributed by atoms with Gasteiger partial charge in [0.25, 0.3) is 0 Å². The molecule has 2 aromatic rings. The summed E-state index contributed by atoms with van der Waals surface area (Å²) in [7, 11) is 0. The van der Waals surface area contributed by atoms with Gasteiger partial charge < -0.3 is 5.32 Å². The van der Waals surface area contributed by atoms with E-state index in [1.807, 2.05) is 6.07 Å². The SMILES string of the molecule is Cc1cc(F)c(Br)cc1NCc1ccc(C#N)cc1F. The molecule has 20 heavy (non-hydrogen) atoms. The van der Waals surface area contributed by atoms with E-state index < -0.39 is 5.82 Å². The Hall–Kier alpha value is -1.93. The molecule has 0 radical (unpaired) electrons. The summed E-state index contributed by atoms with van der Waals surface area (Å²) in [5.74, 6) is -0.770. The standard InChI is InChI=1S/C15H11BrF2N2/c1-9-4-14(18)12(16)6-15(9)20-8-11-3-2-10(7-19)5-13(11)17/h2-6,20H,8H2,1H3. The number of nitrogens with zero attached hydrogens (tertiary/aromatic N) is 1. The molecule has 0 amide bonds.